The quantitative estimate of drug-likeness (QED) is 0.602. The van der Waals surface area contributed by atoms with Crippen LogP contribution in [-0.4, -0.2) is 21.4 Å². The number of aromatic nitrogens is 2. The van der Waals surface area contributed by atoms with Crippen LogP contribution in [0.15, 0.2) is 68.5 Å². The van der Waals surface area contributed by atoms with Crippen LogP contribution in [-0.2, 0) is 4.79 Å². The largest absolute Gasteiger partial charge is 0.295 e. The highest BCUT2D eigenvalue weighted by atomic mass is 79.9. The number of halogens is 1. The van der Waals surface area contributed by atoms with Gasteiger partial charge >= 0.3 is 0 Å². The second-order valence-corrected chi connectivity index (χ2v) is 7.83. The normalized spacial score (nSPS) is 15.3. The van der Waals surface area contributed by atoms with Gasteiger partial charge in [0, 0.05) is 10.2 Å². The Morgan fingerprint density at radius 3 is 2.38 bits per heavy atom. The van der Waals surface area contributed by atoms with Gasteiger partial charge in [0.2, 0.25) is 0 Å². The molecule has 1 aliphatic heterocycles. The van der Waals surface area contributed by atoms with Gasteiger partial charge in [0.25, 0.3) is 11.5 Å². The van der Waals surface area contributed by atoms with Gasteiger partial charge in [-0.2, -0.15) is 10.1 Å². The zero-order chi connectivity index (χ0) is 20.7. The maximum absolute atomic E-state index is 13.0. The van der Waals surface area contributed by atoms with Crippen LogP contribution in [0.3, 0.4) is 0 Å². The lowest BCUT2D eigenvalue weighted by molar-refractivity contribution is -0.114. The van der Waals surface area contributed by atoms with Gasteiger partial charge in [0.05, 0.1) is 28.2 Å². The fourth-order valence-corrected chi connectivity index (χ4v) is 3.56. The van der Waals surface area contributed by atoms with Crippen LogP contribution in [0.1, 0.15) is 23.7 Å². The third-order valence-electron chi connectivity index (χ3n) is 4.90. The smallest absolute Gasteiger partial charge is 0.280 e. The fourth-order valence-electron chi connectivity index (χ4n) is 3.30. The van der Waals surface area contributed by atoms with E-state index in [1.54, 1.807) is 13.0 Å². The van der Waals surface area contributed by atoms with Gasteiger partial charge < -0.3 is 0 Å². The predicted molar refractivity (Wildman–Crippen MR) is 119 cm³/mol. The molecule has 0 saturated carbocycles. The summed E-state index contributed by atoms with van der Waals surface area (Å²) in [6.07, 6.45) is 1.63. The first-order chi connectivity index (χ1) is 13.9. The van der Waals surface area contributed by atoms with Crippen molar-refractivity contribution in [1.82, 2.24) is 9.78 Å². The Morgan fingerprint density at radius 1 is 1.00 bits per heavy atom. The number of rotatable bonds is 3. The number of hydrogen-bond acceptors (Lipinski definition) is 3. The molecule has 3 aromatic rings. The number of hydrazone groups is 1. The molecule has 0 saturated heterocycles. The summed E-state index contributed by atoms with van der Waals surface area (Å²) in [6, 6.07) is 15.0. The Balaban J connectivity index is 1.75. The molecule has 29 heavy (non-hydrogen) atoms. The Morgan fingerprint density at radius 2 is 1.69 bits per heavy atom. The maximum Gasteiger partial charge on any atom is 0.280 e. The summed E-state index contributed by atoms with van der Waals surface area (Å²) in [7, 11) is 0. The molecule has 1 aliphatic rings. The number of carbonyl (C=O) groups is 1. The summed E-state index contributed by atoms with van der Waals surface area (Å²) in [5, 5.41) is 8.85. The Kier molecular flexibility index (Phi) is 4.84. The number of hydrogen-bond donors (Lipinski definition) is 1. The van der Waals surface area contributed by atoms with Crippen molar-refractivity contribution in [3.05, 3.63) is 85.8 Å². The average molecular weight is 451 g/mol. The van der Waals surface area contributed by atoms with Crippen molar-refractivity contribution in [2.75, 3.05) is 5.01 Å². The molecule has 0 atom stereocenters. The van der Waals surface area contributed by atoms with Crippen LogP contribution in [0.5, 0.6) is 0 Å². The predicted octanol–water partition coefficient (Wildman–Crippen LogP) is 4.35. The Labute approximate surface area is 176 Å². The van der Waals surface area contributed by atoms with E-state index in [0.29, 0.717) is 28.2 Å². The summed E-state index contributed by atoms with van der Waals surface area (Å²) >= 11 is 3.39. The number of H-pyrrole nitrogens is 1. The standard InChI is InChI=1S/C22H19BrN4O2/c1-13-6-4-5-7-20(13)27-22(29)19(15(3)25-27)12-18-14(2)24-26(21(18)28)17-10-8-16(23)9-11-17/h4-12,25H,1-3H3. The zero-order valence-electron chi connectivity index (χ0n) is 16.2. The number of carbonyl (C=O) groups excluding carboxylic acids is 1. The minimum absolute atomic E-state index is 0.202. The fraction of sp³-hybridized carbons (Fsp3) is 0.136. The second-order valence-electron chi connectivity index (χ2n) is 6.91. The molecular weight excluding hydrogens is 432 g/mol. The summed E-state index contributed by atoms with van der Waals surface area (Å²) in [6.45, 7) is 5.54. The Hall–Kier alpha value is -3.19. The molecule has 4 rings (SSSR count). The Bertz CT molecular complexity index is 1230. The monoisotopic (exact) mass is 450 g/mol. The van der Waals surface area contributed by atoms with Gasteiger partial charge in [0.15, 0.2) is 0 Å². The first kappa shape index (κ1) is 19.1. The van der Waals surface area contributed by atoms with Crippen molar-refractivity contribution >= 4 is 39.3 Å². The van der Waals surface area contributed by atoms with Crippen LogP contribution < -0.4 is 10.6 Å². The van der Waals surface area contributed by atoms with E-state index >= 15 is 0 Å². The topological polar surface area (TPSA) is 70.5 Å². The lowest BCUT2D eigenvalue weighted by Gasteiger charge is -2.11. The summed E-state index contributed by atoms with van der Waals surface area (Å²) in [5.74, 6) is -0.257. The number of nitrogens with zero attached hydrogens (tertiary/aromatic N) is 3. The summed E-state index contributed by atoms with van der Waals surface area (Å²) in [4.78, 5) is 26.0. The van der Waals surface area contributed by atoms with Crippen molar-refractivity contribution in [3.8, 4) is 5.69 Å². The SMILES string of the molecule is CC1=NN(c2ccc(Br)cc2)C(=O)C1=Cc1c(C)[nH]n(-c2ccccc2C)c1=O. The summed E-state index contributed by atoms with van der Waals surface area (Å²) < 4.78 is 2.43. The third kappa shape index (κ3) is 3.38. The highest BCUT2D eigenvalue weighted by Crippen LogP contribution is 2.26. The second kappa shape index (κ2) is 7.33. The van der Waals surface area contributed by atoms with Gasteiger partial charge in [-0.15, -0.1) is 0 Å². The molecule has 0 fully saturated rings. The van der Waals surface area contributed by atoms with Gasteiger partial charge in [-0.05, 0) is 62.7 Å². The van der Waals surface area contributed by atoms with Gasteiger partial charge in [-0.1, -0.05) is 34.1 Å². The van der Waals surface area contributed by atoms with Crippen molar-refractivity contribution in [3.63, 3.8) is 0 Å². The van der Waals surface area contributed by atoms with Gasteiger partial charge in [0.1, 0.15) is 0 Å². The molecule has 0 spiro atoms. The van der Waals surface area contributed by atoms with Crippen molar-refractivity contribution in [1.29, 1.82) is 0 Å². The molecular formula is C22H19BrN4O2. The van der Waals surface area contributed by atoms with E-state index in [4.69, 9.17) is 0 Å². The van der Waals surface area contributed by atoms with E-state index in [-0.39, 0.29) is 11.5 Å². The summed E-state index contributed by atoms with van der Waals surface area (Å²) in [5.41, 5.74) is 4.34. The lowest BCUT2D eigenvalue weighted by Crippen LogP contribution is -2.22. The van der Waals surface area contributed by atoms with E-state index in [0.717, 1.165) is 15.7 Å². The number of benzene rings is 2. The molecule has 2 aromatic carbocycles. The third-order valence-corrected chi connectivity index (χ3v) is 5.42. The number of anilines is 1. The molecule has 1 amide bonds. The van der Waals surface area contributed by atoms with E-state index in [2.05, 4.69) is 26.1 Å². The minimum atomic E-state index is -0.257. The first-order valence-electron chi connectivity index (χ1n) is 9.11. The van der Waals surface area contributed by atoms with Crippen molar-refractivity contribution in [2.24, 2.45) is 5.10 Å². The first-order valence-corrected chi connectivity index (χ1v) is 9.91. The molecule has 0 unspecified atom stereocenters. The van der Waals surface area contributed by atoms with Gasteiger partial charge in [-0.25, -0.2) is 4.68 Å². The van der Waals surface area contributed by atoms with Crippen molar-refractivity contribution < 1.29 is 4.79 Å². The molecule has 1 aromatic heterocycles. The van der Waals surface area contributed by atoms with Crippen LogP contribution >= 0.6 is 15.9 Å². The molecule has 1 N–H and O–H groups in total. The van der Waals surface area contributed by atoms with E-state index < -0.39 is 0 Å². The van der Waals surface area contributed by atoms with E-state index in [9.17, 15) is 9.59 Å². The molecule has 0 radical (unpaired) electrons. The number of aryl methyl sites for hydroxylation is 2. The average Bonchev–Trinajstić information content (AvgIpc) is 3.14. The minimum Gasteiger partial charge on any atom is -0.295 e. The van der Waals surface area contributed by atoms with Crippen molar-refractivity contribution in [2.45, 2.75) is 20.8 Å². The lowest BCUT2D eigenvalue weighted by atomic mass is 10.1. The highest BCUT2D eigenvalue weighted by molar-refractivity contribution is 9.10. The number of para-hydroxylation sites is 1. The number of aromatic amines is 1. The van der Waals surface area contributed by atoms with Crippen LogP contribution in [0.2, 0.25) is 0 Å². The molecule has 146 valence electrons. The number of amides is 1. The highest BCUT2D eigenvalue weighted by Gasteiger charge is 2.29. The van der Waals surface area contributed by atoms with Gasteiger partial charge in [-0.3, -0.25) is 14.7 Å². The molecule has 0 aliphatic carbocycles. The molecule has 0 bridgehead atoms. The van der Waals surface area contributed by atoms with E-state index in [1.165, 1.54) is 9.69 Å². The maximum atomic E-state index is 13.0. The molecule has 2 heterocycles. The molecule has 6 nitrogen and oxygen atoms in total. The number of nitrogens with one attached hydrogen (secondary N) is 1. The zero-order valence-corrected chi connectivity index (χ0v) is 17.8. The molecule has 7 heteroatoms. The van der Waals surface area contributed by atoms with Crippen LogP contribution in [0.4, 0.5) is 5.69 Å². The van der Waals surface area contributed by atoms with E-state index in [1.807, 2.05) is 62.4 Å². The van der Waals surface area contributed by atoms with Crippen LogP contribution in [0, 0.1) is 13.8 Å². The van der Waals surface area contributed by atoms with Crippen LogP contribution in [0.25, 0.3) is 11.8 Å².